The molecule has 0 N–H and O–H groups in total. The third-order valence-corrected chi connectivity index (χ3v) is 2.09. The van der Waals surface area contributed by atoms with E-state index >= 15 is 0 Å². The van der Waals surface area contributed by atoms with Crippen LogP contribution in [0.15, 0.2) is 23.6 Å². The van der Waals surface area contributed by atoms with Gasteiger partial charge in [-0.2, -0.15) is 0 Å². The zero-order chi connectivity index (χ0) is 6.97. The first kappa shape index (κ1) is 5.86. The summed E-state index contributed by atoms with van der Waals surface area (Å²) < 4.78 is 12.8. The van der Waals surface area contributed by atoms with Crippen molar-refractivity contribution in [2.45, 2.75) is 0 Å². The minimum absolute atomic E-state index is 0.182. The fraction of sp³-hybridized carbons (Fsp3) is 0. The summed E-state index contributed by atoms with van der Waals surface area (Å²) >= 11 is 1.40. The van der Waals surface area contributed by atoms with Gasteiger partial charge in [0.25, 0.3) is 0 Å². The van der Waals surface area contributed by atoms with E-state index in [0.29, 0.717) is 5.39 Å². The fourth-order valence-electron chi connectivity index (χ4n) is 0.899. The van der Waals surface area contributed by atoms with E-state index < -0.39 is 0 Å². The third-order valence-electron chi connectivity index (χ3n) is 1.39. The topological polar surface area (TPSA) is 0 Å². The second-order valence-electron chi connectivity index (χ2n) is 2.04. The second kappa shape index (κ2) is 2.06. The molecule has 0 aliphatic carbocycles. The Labute approximate surface area is 61.9 Å². The number of rotatable bonds is 0. The molecule has 0 aliphatic heterocycles. The van der Waals surface area contributed by atoms with Crippen LogP contribution in [-0.2, 0) is 0 Å². The van der Waals surface area contributed by atoms with Gasteiger partial charge in [0.05, 0.1) is 5.38 Å². The number of thiophene rings is 1. The monoisotopic (exact) mass is 151 g/mol. The van der Waals surface area contributed by atoms with E-state index in [1.54, 1.807) is 6.07 Å². The SMILES string of the molecule is Fc1cccc2cs[c]c12. The van der Waals surface area contributed by atoms with Crippen molar-refractivity contribution in [2.24, 2.45) is 0 Å². The van der Waals surface area contributed by atoms with Crippen LogP contribution in [0, 0.1) is 11.2 Å². The lowest BCUT2D eigenvalue weighted by Crippen LogP contribution is -1.70. The molecular weight excluding hydrogens is 147 g/mol. The molecule has 0 saturated heterocycles. The largest absolute Gasteiger partial charge is 0.206 e. The molecule has 0 saturated carbocycles. The van der Waals surface area contributed by atoms with E-state index in [-0.39, 0.29) is 5.82 Å². The highest BCUT2D eigenvalue weighted by Crippen LogP contribution is 2.20. The summed E-state index contributed by atoms with van der Waals surface area (Å²) in [6.07, 6.45) is 0. The molecule has 2 heteroatoms. The van der Waals surface area contributed by atoms with Gasteiger partial charge < -0.3 is 0 Å². The Bertz CT molecular complexity index is 351. The molecule has 0 fully saturated rings. The van der Waals surface area contributed by atoms with Gasteiger partial charge in [0.1, 0.15) is 5.82 Å². The van der Waals surface area contributed by atoms with E-state index in [1.807, 2.05) is 11.4 Å². The van der Waals surface area contributed by atoms with Crippen LogP contribution in [0.3, 0.4) is 0 Å². The first-order valence-corrected chi connectivity index (χ1v) is 3.79. The van der Waals surface area contributed by atoms with Crippen LogP contribution in [0.2, 0.25) is 0 Å². The van der Waals surface area contributed by atoms with Gasteiger partial charge >= 0.3 is 0 Å². The van der Waals surface area contributed by atoms with Crippen molar-refractivity contribution in [1.29, 1.82) is 0 Å². The van der Waals surface area contributed by atoms with E-state index in [0.717, 1.165) is 5.39 Å². The maximum absolute atomic E-state index is 12.8. The lowest BCUT2D eigenvalue weighted by Gasteiger charge is -1.87. The average molecular weight is 151 g/mol. The lowest BCUT2D eigenvalue weighted by atomic mass is 10.2. The summed E-state index contributed by atoms with van der Waals surface area (Å²) in [7, 11) is 0. The number of halogens is 1. The summed E-state index contributed by atoms with van der Waals surface area (Å²) in [6, 6.07) is 5.04. The van der Waals surface area contributed by atoms with Gasteiger partial charge in [0.15, 0.2) is 0 Å². The van der Waals surface area contributed by atoms with Crippen LogP contribution in [0.4, 0.5) is 4.39 Å². The van der Waals surface area contributed by atoms with E-state index in [9.17, 15) is 4.39 Å². The molecule has 0 aliphatic rings. The van der Waals surface area contributed by atoms with Gasteiger partial charge in [-0.15, -0.1) is 11.3 Å². The molecule has 0 bridgehead atoms. The molecule has 1 aromatic heterocycles. The Morgan fingerprint density at radius 3 is 3.10 bits per heavy atom. The minimum Gasteiger partial charge on any atom is -0.206 e. The molecule has 1 heterocycles. The standard InChI is InChI=1S/C8H4FS/c9-8-3-1-2-6-4-10-5-7(6)8/h1-4H. The zero-order valence-corrected chi connectivity index (χ0v) is 5.91. The highest BCUT2D eigenvalue weighted by atomic mass is 32.1. The molecule has 49 valence electrons. The molecule has 0 spiro atoms. The fourth-order valence-corrected chi connectivity index (χ4v) is 1.61. The first-order chi connectivity index (χ1) is 4.88. The van der Waals surface area contributed by atoms with Crippen molar-refractivity contribution in [2.75, 3.05) is 0 Å². The van der Waals surface area contributed by atoms with Gasteiger partial charge in [-0.25, -0.2) is 4.39 Å². The quantitative estimate of drug-likeness (QED) is 0.543. The van der Waals surface area contributed by atoms with Crippen LogP contribution in [-0.4, -0.2) is 0 Å². The van der Waals surface area contributed by atoms with Crippen LogP contribution in [0.25, 0.3) is 10.8 Å². The number of hydrogen-bond acceptors (Lipinski definition) is 1. The number of benzene rings is 1. The number of fused-ring (bicyclic) bond motifs is 1. The van der Waals surface area contributed by atoms with E-state index in [2.05, 4.69) is 5.38 Å². The molecule has 2 rings (SSSR count). The Morgan fingerprint density at radius 1 is 1.40 bits per heavy atom. The number of hydrogen-bond donors (Lipinski definition) is 0. The Hall–Kier alpha value is -0.890. The van der Waals surface area contributed by atoms with Crippen LogP contribution >= 0.6 is 11.3 Å². The summed E-state index contributed by atoms with van der Waals surface area (Å²) in [5.74, 6) is -0.182. The zero-order valence-electron chi connectivity index (χ0n) is 5.10. The van der Waals surface area contributed by atoms with Crippen molar-refractivity contribution in [1.82, 2.24) is 0 Å². The summed E-state index contributed by atoms with van der Waals surface area (Å²) in [5, 5.41) is 6.28. The van der Waals surface area contributed by atoms with Gasteiger partial charge in [0, 0.05) is 5.39 Å². The summed E-state index contributed by atoms with van der Waals surface area (Å²) in [4.78, 5) is 0. The van der Waals surface area contributed by atoms with E-state index in [1.165, 1.54) is 17.4 Å². The average Bonchev–Trinajstić information content (AvgIpc) is 2.36. The maximum atomic E-state index is 12.8. The van der Waals surface area contributed by atoms with Gasteiger partial charge in [0.2, 0.25) is 0 Å². The highest BCUT2D eigenvalue weighted by molar-refractivity contribution is 7.08. The molecule has 0 unspecified atom stereocenters. The summed E-state index contributed by atoms with van der Waals surface area (Å²) in [6.45, 7) is 0. The Morgan fingerprint density at radius 2 is 2.30 bits per heavy atom. The van der Waals surface area contributed by atoms with Crippen molar-refractivity contribution < 1.29 is 4.39 Å². The minimum atomic E-state index is -0.182. The van der Waals surface area contributed by atoms with Crippen LogP contribution in [0.1, 0.15) is 0 Å². The molecule has 10 heavy (non-hydrogen) atoms. The van der Waals surface area contributed by atoms with Crippen molar-refractivity contribution in [3.05, 3.63) is 34.8 Å². The molecule has 1 aromatic carbocycles. The van der Waals surface area contributed by atoms with E-state index in [4.69, 9.17) is 0 Å². The smallest absolute Gasteiger partial charge is 0.132 e. The second-order valence-corrected chi connectivity index (χ2v) is 2.72. The maximum Gasteiger partial charge on any atom is 0.132 e. The van der Waals surface area contributed by atoms with Gasteiger partial charge in [-0.05, 0) is 16.8 Å². The van der Waals surface area contributed by atoms with Crippen molar-refractivity contribution in [3.63, 3.8) is 0 Å². The highest BCUT2D eigenvalue weighted by Gasteiger charge is 1.98. The first-order valence-electron chi connectivity index (χ1n) is 2.91. The van der Waals surface area contributed by atoms with Gasteiger partial charge in [-0.1, -0.05) is 12.1 Å². The Balaban J connectivity index is 2.95. The van der Waals surface area contributed by atoms with Gasteiger partial charge in [-0.3, -0.25) is 0 Å². The predicted molar refractivity (Wildman–Crippen MR) is 40.6 cm³/mol. The molecular formula is C8H4FS. The molecule has 1 radical (unpaired) electrons. The summed E-state index contributed by atoms with van der Waals surface area (Å²) in [5.41, 5.74) is 0. The molecule has 2 aromatic rings. The predicted octanol–water partition coefficient (Wildman–Crippen LogP) is 2.84. The molecule has 0 nitrogen and oxygen atoms in total. The molecule has 0 atom stereocenters. The van der Waals surface area contributed by atoms with Crippen LogP contribution < -0.4 is 0 Å². The lowest BCUT2D eigenvalue weighted by molar-refractivity contribution is 0.640. The van der Waals surface area contributed by atoms with Crippen LogP contribution in [0.5, 0.6) is 0 Å². The Kier molecular flexibility index (Phi) is 1.21. The molecule has 0 amide bonds. The normalized spacial score (nSPS) is 10.5. The van der Waals surface area contributed by atoms with Crippen molar-refractivity contribution >= 4 is 22.1 Å². The van der Waals surface area contributed by atoms with Crippen molar-refractivity contribution in [3.8, 4) is 0 Å². The third kappa shape index (κ3) is 0.727.